The molecule has 1 amide bonds. The average molecular weight is 430 g/mol. The number of aliphatic hydroxyl groups excluding tert-OH is 1. The summed E-state index contributed by atoms with van der Waals surface area (Å²) in [5.41, 5.74) is 2.55. The molecule has 7 nitrogen and oxygen atoms in total. The van der Waals surface area contributed by atoms with Crippen molar-refractivity contribution < 1.29 is 23.5 Å². The predicted molar refractivity (Wildman–Crippen MR) is 119 cm³/mol. The third-order valence-corrected chi connectivity index (χ3v) is 5.36. The zero-order valence-corrected chi connectivity index (χ0v) is 17.2. The van der Waals surface area contributed by atoms with Gasteiger partial charge in [0.05, 0.1) is 18.2 Å². The van der Waals surface area contributed by atoms with E-state index in [9.17, 15) is 9.90 Å². The molecule has 0 saturated heterocycles. The van der Waals surface area contributed by atoms with E-state index in [1.807, 2.05) is 30.3 Å². The summed E-state index contributed by atoms with van der Waals surface area (Å²) in [5.74, 6) is 1.78. The first-order chi connectivity index (χ1) is 15.7. The zero-order chi connectivity index (χ0) is 21.9. The first-order valence-corrected chi connectivity index (χ1v) is 10.4. The largest absolute Gasteiger partial charge is 0.465 e. The fourth-order valence-corrected chi connectivity index (χ4v) is 3.86. The number of aryl methyl sites for hydroxylation is 1. The number of carbonyl (C=O) groups is 1. The molecule has 1 aliphatic rings. The van der Waals surface area contributed by atoms with Gasteiger partial charge >= 0.3 is 0 Å². The molecule has 0 aliphatic carbocycles. The first-order valence-electron chi connectivity index (χ1n) is 10.4. The number of nitrogens with zero attached hydrogens (tertiary/aromatic N) is 1. The van der Waals surface area contributed by atoms with Crippen molar-refractivity contribution in [2.75, 3.05) is 16.8 Å². The Bertz CT molecular complexity index is 1180. The first kappa shape index (κ1) is 20.0. The van der Waals surface area contributed by atoms with E-state index < -0.39 is 6.23 Å². The number of aliphatic hydroxyl groups is 1. The predicted octanol–water partition coefficient (Wildman–Crippen LogP) is 5.36. The molecule has 2 N–H and O–H groups in total. The molecule has 0 fully saturated rings. The van der Waals surface area contributed by atoms with E-state index in [-0.39, 0.29) is 5.91 Å². The highest BCUT2D eigenvalue weighted by Crippen LogP contribution is 2.39. The minimum absolute atomic E-state index is 0.182. The van der Waals surface area contributed by atoms with Crippen LogP contribution in [0.4, 0.5) is 11.4 Å². The van der Waals surface area contributed by atoms with Crippen LogP contribution in [0.3, 0.4) is 0 Å². The molecule has 32 heavy (non-hydrogen) atoms. The van der Waals surface area contributed by atoms with Crippen LogP contribution in [-0.4, -0.2) is 17.6 Å². The van der Waals surface area contributed by atoms with Crippen LogP contribution < -0.4 is 15.0 Å². The lowest BCUT2D eigenvalue weighted by Gasteiger charge is -2.30. The van der Waals surface area contributed by atoms with Crippen molar-refractivity contribution in [2.45, 2.75) is 19.1 Å². The van der Waals surface area contributed by atoms with E-state index >= 15 is 0 Å². The van der Waals surface area contributed by atoms with Crippen LogP contribution in [0.1, 0.15) is 34.5 Å². The SMILES string of the molecule is O=C(c1ccco1)N1CCCc2cccc(Oc3ccc(NC(O)c4ccco4)cc3)c21. The maximum Gasteiger partial charge on any atom is 0.294 e. The highest BCUT2D eigenvalue weighted by molar-refractivity contribution is 6.05. The van der Waals surface area contributed by atoms with Gasteiger partial charge in [0.15, 0.2) is 23.5 Å². The Morgan fingerprint density at radius 2 is 1.81 bits per heavy atom. The molecule has 3 heterocycles. The minimum Gasteiger partial charge on any atom is -0.465 e. The van der Waals surface area contributed by atoms with Crippen molar-refractivity contribution in [3.63, 3.8) is 0 Å². The van der Waals surface area contributed by atoms with Crippen molar-refractivity contribution in [2.24, 2.45) is 0 Å². The number of nitrogens with one attached hydrogen (secondary N) is 1. The quantitative estimate of drug-likeness (QED) is 0.400. The van der Waals surface area contributed by atoms with E-state index in [1.165, 1.54) is 12.5 Å². The number of carbonyl (C=O) groups excluding carboxylic acids is 1. The van der Waals surface area contributed by atoms with Gasteiger partial charge in [-0.2, -0.15) is 0 Å². The number of amides is 1. The average Bonchev–Trinajstić information content (AvgIpc) is 3.54. The summed E-state index contributed by atoms with van der Waals surface area (Å²) in [5, 5.41) is 13.1. The second-order valence-electron chi connectivity index (χ2n) is 7.49. The van der Waals surface area contributed by atoms with E-state index in [0.29, 0.717) is 35.3 Å². The van der Waals surface area contributed by atoms with E-state index in [2.05, 4.69) is 5.32 Å². The summed E-state index contributed by atoms with van der Waals surface area (Å²) in [7, 11) is 0. The zero-order valence-electron chi connectivity index (χ0n) is 17.2. The van der Waals surface area contributed by atoms with Gasteiger partial charge in [0.25, 0.3) is 5.91 Å². The monoisotopic (exact) mass is 430 g/mol. The summed E-state index contributed by atoms with van der Waals surface area (Å²) in [4.78, 5) is 14.7. The maximum absolute atomic E-state index is 13.0. The van der Waals surface area contributed by atoms with Crippen molar-refractivity contribution in [3.8, 4) is 11.5 Å². The molecule has 1 aliphatic heterocycles. The molecule has 4 aromatic rings. The van der Waals surface area contributed by atoms with Gasteiger partial charge in [0.2, 0.25) is 0 Å². The van der Waals surface area contributed by atoms with E-state index in [4.69, 9.17) is 13.6 Å². The molecule has 0 radical (unpaired) electrons. The third kappa shape index (κ3) is 3.98. The molecule has 2 aromatic heterocycles. The van der Waals surface area contributed by atoms with Crippen molar-refractivity contribution >= 4 is 17.3 Å². The van der Waals surface area contributed by atoms with Crippen LogP contribution in [0.25, 0.3) is 0 Å². The number of anilines is 2. The molecule has 0 spiro atoms. The molecule has 1 unspecified atom stereocenters. The van der Waals surface area contributed by atoms with Gasteiger partial charge in [-0.15, -0.1) is 0 Å². The number of hydrogen-bond acceptors (Lipinski definition) is 6. The summed E-state index contributed by atoms with van der Waals surface area (Å²) in [6.45, 7) is 0.598. The van der Waals surface area contributed by atoms with Gasteiger partial charge in [0, 0.05) is 12.2 Å². The Balaban J connectivity index is 1.36. The Labute approximate surface area is 184 Å². The summed E-state index contributed by atoms with van der Waals surface area (Å²) >= 11 is 0. The number of fused-ring (bicyclic) bond motifs is 1. The van der Waals surface area contributed by atoms with Crippen LogP contribution in [0.5, 0.6) is 11.5 Å². The van der Waals surface area contributed by atoms with Crippen LogP contribution >= 0.6 is 0 Å². The molecule has 1 atom stereocenters. The highest BCUT2D eigenvalue weighted by Gasteiger charge is 2.28. The van der Waals surface area contributed by atoms with Crippen molar-refractivity contribution in [1.29, 1.82) is 0 Å². The van der Waals surface area contributed by atoms with Gasteiger partial charge in [-0.05, 0) is 73.0 Å². The number of benzene rings is 2. The molecule has 5 rings (SSSR count). The van der Waals surface area contributed by atoms with Gasteiger partial charge in [-0.3, -0.25) is 4.79 Å². The standard InChI is InChI=1S/C25H22N2O5/c28-24(21-8-3-15-30-21)26-18-10-12-19(13-11-18)32-20-7-1-5-17-6-2-14-27(23(17)20)25(29)22-9-4-16-31-22/h1,3-5,7-13,15-16,24,26,28H,2,6,14H2. The Morgan fingerprint density at radius 1 is 1.00 bits per heavy atom. The Kier molecular flexibility index (Phi) is 5.39. The molecule has 7 heteroatoms. The third-order valence-electron chi connectivity index (χ3n) is 5.36. The fourth-order valence-electron chi connectivity index (χ4n) is 3.86. The summed E-state index contributed by atoms with van der Waals surface area (Å²) in [6.07, 6.45) is 3.82. The van der Waals surface area contributed by atoms with E-state index in [0.717, 1.165) is 24.1 Å². The van der Waals surface area contributed by atoms with Gasteiger partial charge in [-0.1, -0.05) is 12.1 Å². The van der Waals surface area contributed by atoms with Gasteiger partial charge in [-0.25, -0.2) is 0 Å². The fraction of sp³-hybridized carbons (Fsp3) is 0.160. The second-order valence-corrected chi connectivity index (χ2v) is 7.49. The number of furan rings is 2. The molecule has 162 valence electrons. The molecule has 2 aromatic carbocycles. The summed E-state index contributed by atoms with van der Waals surface area (Å²) in [6, 6.07) is 19.8. The number of ether oxygens (including phenoxy) is 1. The summed E-state index contributed by atoms with van der Waals surface area (Å²) < 4.78 is 16.7. The molecular weight excluding hydrogens is 408 g/mol. The maximum atomic E-state index is 13.0. The van der Waals surface area contributed by atoms with Crippen molar-refractivity contribution in [1.82, 2.24) is 0 Å². The molecule has 0 bridgehead atoms. The molecular formula is C25H22N2O5. The minimum atomic E-state index is -0.945. The molecule has 0 saturated carbocycles. The Morgan fingerprint density at radius 3 is 2.56 bits per heavy atom. The lowest BCUT2D eigenvalue weighted by atomic mass is 10.0. The second kappa shape index (κ2) is 8.64. The van der Waals surface area contributed by atoms with Gasteiger partial charge < -0.3 is 28.9 Å². The van der Waals surface area contributed by atoms with Crippen LogP contribution in [0.15, 0.2) is 88.1 Å². The van der Waals surface area contributed by atoms with Crippen molar-refractivity contribution in [3.05, 3.63) is 96.3 Å². The van der Waals surface area contributed by atoms with E-state index in [1.54, 1.807) is 41.3 Å². The number of hydrogen-bond donors (Lipinski definition) is 2. The normalized spacial score (nSPS) is 14.0. The number of rotatable bonds is 6. The van der Waals surface area contributed by atoms with Crippen LogP contribution in [0, 0.1) is 0 Å². The van der Waals surface area contributed by atoms with Crippen LogP contribution in [0.2, 0.25) is 0 Å². The smallest absolute Gasteiger partial charge is 0.294 e. The topological polar surface area (TPSA) is 88.1 Å². The highest BCUT2D eigenvalue weighted by atomic mass is 16.5. The van der Waals surface area contributed by atoms with Gasteiger partial charge in [0.1, 0.15) is 5.75 Å². The van der Waals surface area contributed by atoms with Crippen LogP contribution in [-0.2, 0) is 6.42 Å². The lowest BCUT2D eigenvalue weighted by Crippen LogP contribution is -2.35. The Hall–Kier alpha value is -3.97. The number of para-hydroxylation sites is 1. The lowest BCUT2D eigenvalue weighted by molar-refractivity contribution is 0.0957.